The molecule has 9 heteroatoms. The Morgan fingerprint density at radius 3 is 2.31 bits per heavy atom. The van der Waals surface area contributed by atoms with Gasteiger partial charge in [-0.2, -0.15) is 4.99 Å². The van der Waals surface area contributed by atoms with Crippen LogP contribution in [0, 0.1) is 5.92 Å². The van der Waals surface area contributed by atoms with Gasteiger partial charge in [-0.25, -0.2) is 4.98 Å². The van der Waals surface area contributed by atoms with E-state index in [1.54, 1.807) is 54.7 Å². The Morgan fingerprint density at radius 1 is 1.09 bits per heavy atom. The van der Waals surface area contributed by atoms with Crippen LogP contribution in [0.2, 0.25) is 0 Å². The maximum atomic E-state index is 12.6. The number of aromatic nitrogens is 2. The lowest BCUT2D eigenvalue weighted by atomic mass is 9.97. The number of imidazole rings is 1. The zero-order valence-corrected chi connectivity index (χ0v) is 17.8. The first-order chi connectivity index (χ1) is 15.5. The second kappa shape index (κ2) is 10.9. The van der Waals surface area contributed by atoms with Gasteiger partial charge in [0.25, 0.3) is 0 Å². The number of nitrogens with two attached hydrogens (primary N) is 1. The van der Waals surface area contributed by atoms with Gasteiger partial charge >= 0.3 is 0 Å². The predicted octanol–water partition coefficient (Wildman–Crippen LogP) is 3.06. The van der Waals surface area contributed by atoms with Crippen LogP contribution >= 0.6 is 12.2 Å². The van der Waals surface area contributed by atoms with Crippen molar-refractivity contribution in [2.24, 2.45) is 16.6 Å². The molecule has 2 aromatic carbocycles. The van der Waals surface area contributed by atoms with Crippen molar-refractivity contribution in [2.45, 2.75) is 12.8 Å². The maximum Gasteiger partial charge on any atom is 0.221 e. The van der Waals surface area contributed by atoms with Crippen molar-refractivity contribution in [3.05, 3.63) is 77.9 Å². The Kier molecular flexibility index (Phi) is 7.75. The molecule has 0 bridgehead atoms. The summed E-state index contributed by atoms with van der Waals surface area (Å²) in [6.45, 7) is -0.206. The summed E-state index contributed by atoms with van der Waals surface area (Å²) in [7, 11) is 0. The van der Waals surface area contributed by atoms with Crippen LogP contribution in [-0.4, -0.2) is 39.2 Å². The van der Waals surface area contributed by atoms with Crippen LogP contribution in [0.5, 0.6) is 5.75 Å². The van der Waals surface area contributed by atoms with E-state index in [0.29, 0.717) is 29.0 Å². The van der Waals surface area contributed by atoms with Crippen LogP contribution in [-0.2, 0) is 16.0 Å². The van der Waals surface area contributed by atoms with Crippen molar-refractivity contribution < 1.29 is 19.1 Å². The average Bonchev–Trinajstić information content (AvgIpc) is 3.31. The number of isothiocyanates is 1. The number of hydrogen-bond donors (Lipinski definition) is 2. The highest BCUT2D eigenvalue weighted by atomic mass is 32.1. The van der Waals surface area contributed by atoms with Gasteiger partial charge in [0.15, 0.2) is 11.6 Å². The summed E-state index contributed by atoms with van der Waals surface area (Å²) >= 11 is 4.56. The molecule has 0 aliphatic carbocycles. The molecule has 0 saturated heterocycles. The molecular weight excluding hydrogens is 428 g/mol. The third-order valence-electron chi connectivity index (χ3n) is 4.72. The molecule has 0 spiro atoms. The number of aliphatic imine (C=N–C) groups is 1. The number of primary amides is 1. The number of benzene rings is 2. The number of amides is 1. The number of nitrogens with zero attached hydrogens (tertiary/aromatic N) is 2. The number of carbonyl (C=O) groups is 3. The Hall–Kier alpha value is -3.94. The van der Waals surface area contributed by atoms with E-state index in [1.165, 1.54) is 6.33 Å². The molecule has 32 heavy (non-hydrogen) atoms. The number of Topliss-reactive ketones (excluding diaryl/α,β-unsaturated/α-hetero) is 1. The molecule has 3 rings (SSSR count). The summed E-state index contributed by atoms with van der Waals surface area (Å²) in [5.74, 6) is -1.18. The Balaban J connectivity index is 1.54. The van der Waals surface area contributed by atoms with Crippen LogP contribution in [0.3, 0.4) is 0 Å². The summed E-state index contributed by atoms with van der Waals surface area (Å²) in [5.41, 5.74) is 7.74. The minimum absolute atomic E-state index is 0.0335. The molecule has 0 aliphatic rings. The lowest BCUT2D eigenvalue weighted by molar-refractivity contribution is -0.128. The summed E-state index contributed by atoms with van der Waals surface area (Å²) < 4.78 is 5.50. The van der Waals surface area contributed by atoms with E-state index >= 15 is 0 Å². The van der Waals surface area contributed by atoms with E-state index in [2.05, 4.69) is 32.3 Å². The van der Waals surface area contributed by atoms with Gasteiger partial charge in [-0.05, 0) is 60.7 Å². The van der Waals surface area contributed by atoms with E-state index in [0.717, 1.165) is 5.69 Å². The maximum absolute atomic E-state index is 12.6. The molecule has 1 atom stereocenters. The van der Waals surface area contributed by atoms with Crippen molar-refractivity contribution in [3.63, 3.8) is 0 Å². The predicted molar refractivity (Wildman–Crippen MR) is 121 cm³/mol. The highest BCUT2D eigenvalue weighted by molar-refractivity contribution is 7.78. The van der Waals surface area contributed by atoms with Gasteiger partial charge < -0.3 is 15.5 Å². The fourth-order valence-electron chi connectivity index (χ4n) is 3.04. The first-order valence-electron chi connectivity index (χ1n) is 9.70. The zero-order valence-electron chi connectivity index (χ0n) is 17.0. The quantitative estimate of drug-likeness (QED) is 0.264. The summed E-state index contributed by atoms with van der Waals surface area (Å²) in [6, 6.07) is 13.2. The molecule has 1 heterocycles. The summed E-state index contributed by atoms with van der Waals surface area (Å²) in [6.07, 6.45) is 3.35. The molecule has 3 aromatic rings. The molecule has 1 amide bonds. The van der Waals surface area contributed by atoms with Crippen LogP contribution in [0.4, 0.5) is 5.69 Å². The monoisotopic (exact) mass is 448 g/mol. The standard InChI is InChI=1S/C23H20N4O4S/c24-23(30)17(9-19-11-25-13-26-19)10-20(28)12-31-21-7-3-16(4-8-21)22(29)15-1-5-18(6-2-15)27-14-32/h1-8,11,13,17H,9-10,12H2,(H2,24,30)(H,25,26). The van der Waals surface area contributed by atoms with E-state index in [-0.39, 0.29) is 24.6 Å². The fourth-order valence-corrected chi connectivity index (χ4v) is 3.15. The van der Waals surface area contributed by atoms with Crippen molar-refractivity contribution in [1.29, 1.82) is 0 Å². The van der Waals surface area contributed by atoms with Crippen LogP contribution < -0.4 is 10.5 Å². The first-order valence-corrected chi connectivity index (χ1v) is 10.1. The molecule has 1 aromatic heterocycles. The van der Waals surface area contributed by atoms with Gasteiger partial charge in [0.05, 0.1) is 23.1 Å². The van der Waals surface area contributed by atoms with E-state index in [4.69, 9.17) is 10.5 Å². The SMILES string of the molecule is NC(=O)C(CC(=O)COc1ccc(C(=O)c2ccc(N=C=S)cc2)cc1)Cc1cnc[nH]1. The third kappa shape index (κ3) is 6.28. The molecule has 0 radical (unpaired) electrons. The Morgan fingerprint density at radius 2 is 1.75 bits per heavy atom. The Labute approximate surface area is 189 Å². The number of nitrogens with one attached hydrogen (secondary N) is 1. The van der Waals surface area contributed by atoms with Crippen LogP contribution in [0.15, 0.2) is 66.0 Å². The largest absolute Gasteiger partial charge is 0.486 e. The number of carbonyl (C=O) groups excluding carboxylic acids is 3. The number of aromatic amines is 1. The van der Waals surface area contributed by atoms with Crippen molar-refractivity contribution >= 4 is 40.5 Å². The van der Waals surface area contributed by atoms with Gasteiger partial charge in [0, 0.05) is 35.9 Å². The summed E-state index contributed by atoms with van der Waals surface area (Å²) in [4.78, 5) is 47.1. The van der Waals surface area contributed by atoms with Crippen molar-refractivity contribution in [2.75, 3.05) is 6.61 Å². The molecule has 3 N–H and O–H groups in total. The van der Waals surface area contributed by atoms with Gasteiger partial charge in [-0.3, -0.25) is 14.4 Å². The number of rotatable bonds is 11. The minimum atomic E-state index is -0.646. The van der Waals surface area contributed by atoms with Crippen LogP contribution in [0.25, 0.3) is 0 Å². The fraction of sp³-hybridized carbons (Fsp3) is 0.174. The van der Waals surface area contributed by atoms with Crippen molar-refractivity contribution in [1.82, 2.24) is 9.97 Å². The second-order valence-electron chi connectivity index (χ2n) is 7.02. The van der Waals surface area contributed by atoms with Crippen LogP contribution in [0.1, 0.15) is 28.0 Å². The normalized spacial score (nSPS) is 11.2. The molecule has 0 fully saturated rings. The van der Waals surface area contributed by atoms with Gasteiger partial charge in [0.2, 0.25) is 5.91 Å². The molecule has 0 aliphatic heterocycles. The first kappa shape index (κ1) is 22.7. The zero-order chi connectivity index (χ0) is 22.9. The Bertz CT molecular complexity index is 1140. The minimum Gasteiger partial charge on any atom is -0.486 e. The van der Waals surface area contributed by atoms with Gasteiger partial charge in [-0.1, -0.05) is 0 Å². The molecule has 162 valence electrons. The molecular formula is C23H20N4O4S. The average molecular weight is 449 g/mol. The highest BCUT2D eigenvalue weighted by Gasteiger charge is 2.21. The third-order valence-corrected chi connectivity index (χ3v) is 4.81. The molecule has 8 nitrogen and oxygen atoms in total. The smallest absolute Gasteiger partial charge is 0.221 e. The molecule has 0 saturated carbocycles. The number of ether oxygens (including phenoxy) is 1. The topological polar surface area (TPSA) is 128 Å². The van der Waals surface area contributed by atoms with Crippen molar-refractivity contribution in [3.8, 4) is 5.75 Å². The van der Waals surface area contributed by atoms with E-state index < -0.39 is 11.8 Å². The van der Waals surface area contributed by atoms with E-state index in [1.807, 2.05) is 0 Å². The lowest BCUT2D eigenvalue weighted by Gasteiger charge is -2.12. The second-order valence-corrected chi connectivity index (χ2v) is 7.20. The highest BCUT2D eigenvalue weighted by Crippen LogP contribution is 2.18. The van der Waals surface area contributed by atoms with Gasteiger partial charge in [0.1, 0.15) is 12.4 Å². The summed E-state index contributed by atoms with van der Waals surface area (Å²) in [5, 5.41) is 2.27. The number of H-pyrrole nitrogens is 1. The molecule has 1 unspecified atom stereocenters. The number of hydrogen-bond acceptors (Lipinski definition) is 7. The lowest BCUT2D eigenvalue weighted by Crippen LogP contribution is -2.29. The number of thiocarbonyl (C=S) groups is 1. The van der Waals surface area contributed by atoms with Gasteiger partial charge in [-0.15, -0.1) is 0 Å². The van der Waals surface area contributed by atoms with E-state index in [9.17, 15) is 14.4 Å². The number of ketones is 2.